The number of imidazole rings is 1. The second-order valence-electron chi connectivity index (χ2n) is 6.51. The zero-order chi connectivity index (χ0) is 21.6. The molecule has 0 unspecified atom stereocenters. The van der Waals surface area contributed by atoms with Crippen molar-refractivity contribution in [2.75, 3.05) is 18.0 Å². The maximum absolute atomic E-state index is 10.5. The second-order valence-corrected chi connectivity index (χ2v) is 7.32. The first-order chi connectivity index (χ1) is 15.2. The molecule has 2 aromatic heterocycles. The summed E-state index contributed by atoms with van der Waals surface area (Å²) in [4.78, 5) is 8.66. The quantitative estimate of drug-likeness (QED) is 0.555. The van der Waals surface area contributed by atoms with E-state index >= 15 is 0 Å². The lowest BCUT2D eigenvalue weighted by Gasteiger charge is -2.29. The molecule has 2 N–H and O–H groups in total. The highest BCUT2D eigenvalue weighted by atomic mass is 32.1. The van der Waals surface area contributed by atoms with Crippen molar-refractivity contribution < 1.29 is 5.11 Å². The first kappa shape index (κ1) is 20.1. The van der Waals surface area contributed by atoms with Gasteiger partial charge in [-0.3, -0.25) is 0 Å². The van der Waals surface area contributed by atoms with E-state index in [-0.39, 0.29) is 28.8 Å². The van der Waals surface area contributed by atoms with Gasteiger partial charge in [-0.15, -0.1) is 30.7 Å². The molecule has 3 aromatic rings. The van der Waals surface area contributed by atoms with Crippen molar-refractivity contribution in [2.24, 2.45) is 20.5 Å². The molecule has 13 heteroatoms. The van der Waals surface area contributed by atoms with Gasteiger partial charge in [0, 0.05) is 19.2 Å². The topological polar surface area (TPSA) is 175 Å². The van der Waals surface area contributed by atoms with Crippen molar-refractivity contribution in [1.82, 2.24) is 20.2 Å². The van der Waals surface area contributed by atoms with Crippen LogP contribution in [0.25, 0.3) is 0 Å². The first-order valence-electron chi connectivity index (χ1n) is 9.29. The van der Waals surface area contributed by atoms with Gasteiger partial charge in [-0.1, -0.05) is 11.3 Å². The van der Waals surface area contributed by atoms with E-state index in [9.17, 15) is 5.11 Å². The standard InChI is InChI=1S/C18H15N11OS/c19-8-13-14(9-20)23-17(22-13)26-25-12-6-15(29-4-2-1-3-5-29)11(7-16(12)30)24-28-18-27-21-10-31-18/h6-7,10,30H,1-5H2,(H,22,23)/b26-25+,28-24+. The van der Waals surface area contributed by atoms with E-state index in [1.807, 2.05) is 12.1 Å². The molecule has 4 rings (SSSR count). The number of rotatable bonds is 5. The Hall–Kier alpha value is -4.23. The van der Waals surface area contributed by atoms with Gasteiger partial charge < -0.3 is 15.0 Å². The van der Waals surface area contributed by atoms with Crippen LogP contribution in [-0.4, -0.2) is 38.4 Å². The van der Waals surface area contributed by atoms with Crippen molar-refractivity contribution in [3.8, 4) is 17.9 Å². The zero-order valence-electron chi connectivity index (χ0n) is 16.1. The number of aromatic amines is 1. The average Bonchev–Trinajstić information content (AvgIpc) is 3.47. The fourth-order valence-electron chi connectivity index (χ4n) is 3.08. The lowest BCUT2D eigenvalue weighted by Crippen LogP contribution is -2.29. The van der Waals surface area contributed by atoms with Crippen LogP contribution in [0.4, 0.5) is 28.1 Å². The van der Waals surface area contributed by atoms with Crippen LogP contribution in [0, 0.1) is 22.7 Å². The molecule has 1 fully saturated rings. The van der Waals surface area contributed by atoms with Crippen LogP contribution in [-0.2, 0) is 0 Å². The van der Waals surface area contributed by atoms with Crippen LogP contribution in [0.3, 0.4) is 0 Å². The summed E-state index contributed by atoms with van der Waals surface area (Å²) in [6, 6.07) is 6.78. The van der Waals surface area contributed by atoms with Crippen molar-refractivity contribution in [1.29, 1.82) is 10.5 Å². The summed E-state index contributed by atoms with van der Waals surface area (Å²) in [6.45, 7) is 1.69. The molecular formula is C18H15N11OS. The minimum Gasteiger partial charge on any atom is -0.506 e. The Balaban J connectivity index is 1.69. The predicted octanol–water partition coefficient (Wildman–Crippen LogP) is 4.53. The van der Waals surface area contributed by atoms with Crippen molar-refractivity contribution >= 4 is 39.5 Å². The molecule has 1 saturated heterocycles. The van der Waals surface area contributed by atoms with Crippen LogP contribution < -0.4 is 4.90 Å². The molecule has 0 radical (unpaired) electrons. The van der Waals surface area contributed by atoms with Crippen molar-refractivity contribution in [3.05, 3.63) is 29.0 Å². The highest BCUT2D eigenvalue weighted by Crippen LogP contribution is 2.41. The number of hydrogen-bond acceptors (Lipinski definition) is 12. The van der Waals surface area contributed by atoms with Gasteiger partial charge in [0.2, 0.25) is 5.95 Å². The highest BCUT2D eigenvalue weighted by molar-refractivity contribution is 7.13. The number of phenols is 1. The third-order valence-electron chi connectivity index (χ3n) is 4.52. The molecule has 1 aromatic carbocycles. The SMILES string of the molecule is N#Cc1nc(/N=N/c2cc(N3CCCCC3)c(/N=N/c3nncs3)cc2O)[nH]c1C#N. The summed E-state index contributed by atoms with van der Waals surface area (Å²) in [6.07, 6.45) is 3.25. The number of hydrogen-bond donors (Lipinski definition) is 2. The Kier molecular flexibility index (Phi) is 5.86. The molecule has 0 bridgehead atoms. The third-order valence-corrected chi connectivity index (χ3v) is 5.10. The van der Waals surface area contributed by atoms with Crippen LogP contribution in [0.15, 0.2) is 38.1 Å². The lowest BCUT2D eigenvalue weighted by molar-refractivity contribution is 0.476. The minimum atomic E-state index is -0.150. The fraction of sp³-hybridized carbons (Fsp3) is 0.278. The number of H-pyrrole nitrogens is 1. The second kappa shape index (κ2) is 9.06. The molecule has 1 aliphatic rings. The third kappa shape index (κ3) is 4.52. The summed E-state index contributed by atoms with van der Waals surface area (Å²) >= 11 is 1.25. The van der Waals surface area contributed by atoms with E-state index in [1.54, 1.807) is 11.6 Å². The largest absolute Gasteiger partial charge is 0.506 e. The van der Waals surface area contributed by atoms with Gasteiger partial charge in [-0.2, -0.15) is 15.5 Å². The van der Waals surface area contributed by atoms with Crippen molar-refractivity contribution in [3.63, 3.8) is 0 Å². The summed E-state index contributed by atoms with van der Waals surface area (Å²) in [5, 5.41) is 52.8. The molecule has 0 saturated carbocycles. The van der Waals surface area contributed by atoms with Gasteiger partial charge in [-0.25, -0.2) is 0 Å². The number of nitriles is 2. The van der Waals surface area contributed by atoms with Gasteiger partial charge in [0.1, 0.15) is 34.8 Å². The maximum Gasteiger partial charge on any atom is 0.251 e. The summed E-state index contributed by atoms with van der Waals surface area (Å²) in [7, 11) is 0. The molecule has 12 nitrogen and oxygen atoms in total. The number of aromatic hydroxyl groups is 1. The Morgan fingerprint density at radius 3 is 2.52 bits per heavy atom. The molecule has 1 aliphatic heterocycles. The van der Waals surface area contributed by atoms with E-state index in [2.05, 4.69) is 45.5 Å². The lowest BCUT2D eigenvalue weighted by atomic mass is 10.1. The normalized spacial score (nSPS) is 14.2. The van der Waals surface area contributed by atoms with E-state index in [0.717, 1.165) is 38.0 Å². The number of nitrogens with one attached hydrogen (secondary N) is 1. The first-order valence-corrected chi connectivity index (χ1v) is 10.2. The Labute approximate surface area is 180 Å². The highest BCUT2D eigenvalue weighted by Gasteiger charge is 2.18. The van der Waals surface area contributed by atoms with E-state index in [0.29, 0.717) is 10.8 Å². The number of azo groups is 2. The Morgan fingerprint density at radius 1 is 1.03 bits per heavy atom. The number of piperidine rings is 1. The predicted molar refractivity (Wildman–Crippen MR) is 110 cm³/mol. The zero-order valence-corrected chi connectivity index (χ0v) is 16.9. The van der Waals surface area contributed by atoms with Crippen molar-refractivity contribution in [2.45, 2.75) is 19.3 Å². The fourth-order valence-corrected chi connectivity index (χ4v) is 3.45. The van der Waals surface area contributed by atoms with Crippen LogP contribution >= 0.6 is 11.3 Å². The molecule has 154 valence electrons. The van der Waals surface area contributed by atoms with E-state index < -0.39 is 0 Å². The average molecular weight is 433 g/mol. The molecular weight excluding hydrogens is 418 g/mol. The molecule has 0 amide bonds. The van der Waals surface area contributed by atoms with Gasteiger partial charge in [0.05, 0.1) is 5.69 Å². The Bertz CT molecular complexity index is 1180. The van der Waals surface area contributed by atoms with Crippen LogP contribution in [0.5, 0.6) is 5.75 Å². The molecule has 3 heterocycles. The minimum absolute atomic E-state index is 0.00196. The van der Waals surface area contributed by atoms with E-state index in [4.69, 9.17) is 10.5 Å². The van der Waals surface area contributed by atoms with E-state index in [1.165, 1.54) is 17.4 Å². The summed E-state index contributed by atoms with van der Waals surface area (Å²) < 4.78 is 0. The molecule has 0 atom stereocenters. The number of anilines is 1. The maximum atomic E-state index is 10.5. The van der Waals surface area contributed by atoms with Crippen LogP contribution in [0.1, 0.15) is 30.7 Å². The molecule has 0 aliphatic carbocycles. The number of phenolic OH excluding ortho intramolecular Hbond substituents is 1. The van der Waals surface area contributed by atoms with Gasteiger partial charge in [0.15, 0.2) is 11.4 Å². The molecule has 0 spiro atoms. The number of nitrogens with zero attached hydrogens (tertiary/aromatic N) is 10. The van der Waals surface area contributed by atoms with Crippen LogP contribution in [0.2, 0.25) is 0 Å². The smallest absolute Gasteiger partial charge is 0.251 e. The summed E-state index contributed by atoms with van der Waals surface area (Å²) in [5.74, 6) is -0.157. The summed E-state index contributed by atoms with van der Waals surface area (Å²) in [5.41, 5.74) is 2.93. The monoisotopic (exact) mass is 433 g/mol. The van der Waals surface area contributed by atoms with Gasteiger partial charge in [0.25, 0.3) is 5.13 Å². The van der Waals surface area contributed by atoms with Gasteiger partial charge in [-0.05, 0) is 25.3 Å². The Morgan fingerprint density at radius 2 is 1.84 bits per heavy atom. The number of aromatic nitrogens is 4. The van der Waals surface area contributed by atoms with Gasteiger partial charge >= 0.3 is 0 Å². The molecule has 31 heavy (non-hydrogen) atoms. The number of benzene rings is 1.